The van der Waals surface area contributed by atoms with Crippen LogP contribution in [-0.4, -0.2) is 276 Å². The number of alkyl halides is 12. The number of ether oxygens (including phenoxy) is 4. The Balaban J connectivity index is 0.000000157. The molecule has 0 radical (unpaired) electrons. The number of pyridine rings is 4. The first kappa shape index (κ1) is 107. The van der Waals surface area contributed by atoms with Crippen LogP contribution in [0.1, 0.15) is 214 Å². The minimum Gasteiger partial charge on any atom is -0.472 e. The Labute approximate surface area is 807 Å². The number of nitrogens with zero attached hydrogens (tertiary/aromatic N) is 15. The largest absolute Gasteiger partial charge is 0.472 e. The number of amides is 4. The van der Waals surface area contributed by atoms with Gasteiger partial charge in [-0.2, -0.15) is 10.1 Å². The van der Waals surface area contributed by atoms with Crippen molar-refractivity contribution in [2.24, 2.45) is 7.05 Å². The Morgan fingerprint density at radius 2 is 0.714 bits per heavy atom. The van der Waals surface area contributed by atoms with Gasteiger partial charge in [0.05, 0.1) is 31.7 Å². The third kappa shape index (κ3) is 34.9. The minimum atomic E-state index is -2.54. The van der Waals surface area contributed by atoms with Gasteiger partial charge in [0.25, 0.3) is 25.7 Å². The SMILES string of the molecule is Cc1nc(CC(=O)NC2CCC(F)(CCN3CCc4ccc(OCC(F)F)nc4CC3)CC2)no1.Cc1ncc(CC(=O)NC2CCC(F)(CCN3CCc4ccc(OCC(F)F)nc4CC3)CC2)o1.Cc1nnc(CC(=O)NC2CCC(F)(CCN3CCc4ccc(OCC(F)F)nc4CC3)CC2)o1.Cn1cc(CC(=O)NC2CCC(F)(CCN3CCc4ccc(OCC(F)F)nc4CC3)CC2)cn1. The highest BCUT2D eigenvalue weighted by molar-refractivity contribution is 5.79. The molecule has 8 aliphatic rings. The van der Waals surface area contributed by atoms with E-state index in [1.54, 1.807) is 62.1 Å². The molecule has 0 aromatic carbocycles. The summed E-state index contributed by atoms with van der Waals surface area (Å²) in [6.45, 7) is 11.2. The van der Waals surface area contributed by atoms with Gasteiger partial charge >= 0.3 is 0 Å². The summed E-state index contributed by atoms with van der Waals surface area (Å²) in [5.74, 6) is 2.87. The van der Waals surface area contributed by atoms with E-state index in [4.69, 9.17) is 32.3 Å². The lowest BCUT2D eigenvalue weighted by atomic mass is 9.81. The molecule has 8 aromatic rings. The molecule has 16 rings (SSSR count). The number of carbonyl (C=O) groups is 4. The molecule has 4 saturated carbocycles. The van der Waals surface area contributed by atoms with Crippen molar-refractivity contribution in [3.63, 3.8) is 0 Å². The van der Waals surface area contributed by atoms with Gasteiger partial charge in [-0.25, -0.2) is 77.6 Å². The highest BCUT2D eigenvalue weighted by Crippen LogP contribution is 2.41. The van der Waals surface area contributed by atoms with Gasteiger partial charge < -0.3 is 73.2 Å². The van der Waals surface area contributed by atoms with Gasteiger partial charge in [-0.1, -0.05) is 29.4 Å². The summed E-state index contributed by atoms with van der Waals surface area (Å²) in [5, 5.41) is 27.3. The van der Waals surface area contributed by atoms with Gasteiger partial charge in [0.1, 0.15) is 34.9 Å². The van der Waals surface area contributed by atoms with Gasteiger partial charge in [-0.3, -0.25) is 23.9 Å². The van der Waals surface area contributed by atoms with E-state index in [9.17, 15) is 54.3 Å². The summed E-state index contributed by atoms with van der Waals surface area (Å²) < 4.78 is 198. The highest BCUT2D eigenvalue weighted by atomic mass is 19.3. The Kier molecular flexibility index (Phi) is 39.1. The zero-order valence-electron chi connectivity index (χ0n) is 80.1. The second-order valence-electron chi connectivity index (χ2n) is 38.2. The van der Waals surface area contributed by atoms with Crippen LogP contribution in [0.5, 0.6) is 23.5 Å². The summed E-state index contributed by atoms with van der Waals surface area (Å²) in [6.07, 6.45) is 11.5. The number of aromatic nitrogens is 11. The molecule has 4 aliphatic carbocycles. The van der Waals surface area contributed by atoms with E-state index in [1.807, 2.05) is 37.5 Å². The predicted molar refractivity (Wildman–Crippen MR) is 491 cm³/mol. The zero-order chi connectivity index (χ0) is 99.4. The molecule has 4 aliphatic heterocycles. The lowest BCUT2D eigenvalue weighted by molar-refractivity contribution is -0.122. The van der Waals surface area contributed by atoms with Crippen LogP contribution in [0.15, 0.2) is 80.5 Å². The summed E-state index contributed by atoms with van der Waals surface area (Å²) in [7, 11) is 1.82. The maximum absolute atomic E-state index is 15.5. The molecule has 0 atom stereocenters. The van der Waals surface area contributed by atoms with Gasteiger partial charge in [0.15, 0.2) is 38.1 Å². The van der Waals surface area contributed by atoms with Crippen LogP contribution in [0.2, 0.25) is 0 Å². The molecule has 768 valence electrons. The Hall–Kier alpha value is -10.6. The maximum Gasteiger partial charge on any atom is 0.272 e. The molecule has 0 saturated heterocycles. The van der Waals surface area contributed by atoms with Crippen molar-refractivity contribution < 1.29 is 104 Å². The molecule has 8 aromatic heterocycles. The molecule has 42 heteroatoms. The number of oxazole rings is 1. The number of rotatable bonds is 36. The van der Waals surface area contributed by atoms with Gasteiger partial charge in [0, 0.05) is 209 Å². The average Bonchev–Trinajstić information content (AvgIpc) is 1.38. The first-order valence-corrected chi connectivity index (χ1v) is 49.0. The topological polar surface area (TPSA) is 340 Å². The number of halogens is 12. The number of fused-ring (bicyclic) bond motifs is 4. The van der Waals surface area contributed by atoms with E-state index in [1.165, 1.54) is 0 Å². The summed E-state index contributed by atoms with van der Waals surface area (Å²) in [5.41, 5.74) is 3.77. The van der Waals surface area contributed by atoms with Crippen LogP contribution in [0.25, 0.3) is 0 Å². The minimum absolute atomic E-state index is 0.0169. The summed E-state index contributed by atoms with van der Waals surface area (Å²) in [4.78, 5) is 83.6. The molecule has 30 nitrogen and oxygen atoms in total. The molecule has 0 bridgehead atoms. The van der Waals surface area contributed by atoms with Crippen molar-refractivity contribution in [2.75, 3.05) is 105 Å². The molecule has 12 heterocycles. The number of nitrogens with one attached hydrogen (secondary N) is 4. The maximum atomic E-state index is 15.5. The molecule has 0 unspecified atom stereocenters. The summed E-state index contributed by atoms with van der Waals surface area (Å²) in [6, 6.07) is 14.0. The van der Waals surface area contributed by atoms with Crippen molar-refractivity contribution >= 4 is 23.6 Å². The zero-order valence-corrected chi connectivity index (χ0v) is 80.1. The lowest BCUT2D eigenvalue weighted by Crippen LogP contribution is -2.43. The number of hydrogen-bond acceptors (Lipinski definition) is 25. The monoisotopic (exact) mass is 1980 g/mol. The third-order valence-electron chi connectivity index (χ3n) is 27.4. The summed E-state index contributed by atoms with van der Waals surface area (Å²) >= 11 is 0. The Morgan fingerprint density at radius 3 is 1.00 bits per heavy atom. The van der Waals surface area contributed by atoms with Crippen LogP contribution in [0.4, 0.5) is 52.7 Å². The van der Waals surface area contributed by atoms with Crippen molar-refractivity contribution in [1.29, 1.82) is 0 Å². The molecule has 140 heavy (non-hydrogen) atoms. The molecule has 4 amide bonds. The van der Waals surface area contributed by atoms with E-state index in [0.717, 1.165) is 129 Å². The number of aryl methyl sites for hydroxylation is 4. The quantitative estimate of drug-likeness (QED) is 0.0265. The first-order valence-electron chi connectivity index (χ1n) is 49.0. The normalized spacial score (nSPS) is 23.1. The van der Waals surface area contributed by atoms with E-state index < -0.39 is 74.8 Å². The van der Waals surface area contributed by atoms with Crippen molar-refractivity contribution in [2.45, 2.75) is 299 Å². The molecule has 4 fully saturated rings. The Bertz CT molecular complexity index is 4600. The second kappa shape index (κ2) is 51.4. The lowest BCUT2D eigenvalue weighted by Gasteiger charge is -2.35. The molecular weight excluding hydrogens is 1850 g/mol. The Morgan fingerprint density at radius 1 is 0.393 bits per heavy atom. The van der Waals surface area contributed by atoms with Crippen LogP contribution in [0, 0.1) is 20.8 Å². The van der Waals surface area contributed by atoms with Gasteiger partial charge in [-0.05, 0) is 182 Å². The van der Waals surface area contributed by atoms with Crippen molar-refractivity contribution in [3.05, 3.63) is 153 Å². The van der Waals surface area contributed by atoms with Crippen LogP contribution in [0.3, 0.4) is 0 Å². The van der Waals surface area contributed by atoms with E-state index in [2.05, 4.69) is 91.2 Å². The fourth-order valence-electron chi connectivity index (χ4n) is 19.4. The number of hydrogen-bond donors (Lipinski definition) is 4. The van der Waals surface area contributed by atoms with E-state index in [-0.39, 0.29) is 103 Å². The van der Waals surface area contributed by atoms with Crippen LogP contribution < -0.4 is 40.2 Å². The average molecular weight is 1980 g/mol. The van der Waals surface area contributed by atoms with Gasteiger partial charge in [0.2, 0.25) is 64.8 Å². The van der Waals surface area contributed by atoms with Crippen molar-refractivity contribution in [3.8, 4) is 23.5 Å². The fraction of sp³-hybridized carbons (Fsp3) is 0.653. The smallest absolute Gasteiger partial charge is 0.272 e. The number of carbonyl (C=O) groups excluding carboxylic acids is 4. The van der Waals surface area contributed by atoms with E-state index >= 15 is 17.6 Å². The molecule has 0 spiro atoms. The highest BCUT2D eigenvalue weighted by Gasteiger charge is 2.41. The predicted octanol–water partition coefficient (Wildman–Crippen LogP) is 13.5. The van der Waals surface area contributed by atoms with E-state index in [0.29, 0.717) is 210 Å². The third-order valence-corrected chi connectivity index (χ3v) is 27.4. The van der Waals surface area contributed by atoms with Crippen LogP contribution >= 0.6 is 0 Å². The second-order valence-corrected chi connectivity index (χ2v) is 38.2. The fourth-order valence-corrected chi connectivity index (χ4v) is 19.4. The van der Waals surface area contributed by atoms with Crippen molar-refractivity contribution in [1.82, 2.24) is 95.9 Å². The first-order chi connectivity index (χ1) is 67.1. The molecule has 4 N–H and O–H groups in total. The molecular formula is C98H131F12N19O11. The standard InChI is InChI=1S/C25H34F3N5O2.C25H33F3N4O3.2C24H32F3N5O3/c1-32-16-18(15-29-32)14-23(34)30-20-4-8-25(28,9-5-20)10-13-33-11-6-19-2-3-24(35-17-22(26)27)31-21(19)7-12-33;1-17-29-15-20(35-17)14-23(33)30-19-4-8-25(28,9-5-19)10-13-32-11-6-18-2-3-24(34-16-22(26)27)31-21(18)7-12-32;1-16-28-21(31-35-16)14-22(33)29-18-4-8-24(27,9-5-18)10-13-32-11-6-17-2-3-23(34-15-20(25)26)30-19(17)7-12-32;1-16-30-31-23(35-16)14-21(33)28-18-4-8-24(27,9-5-18)10-13-32-11-6-17-2-3-22(34-15-20(25)26)29-19(17)7-12-32/h2-3,15-16,20,22H,4-14,17H2,1H3,(H,30,34);2-3,15,19,22H,4-14,16H2,1H3,(H,30,33);2-3,18,20H,4-15H2,1H3,(H,29,33);2-3,18,20H,4-15H2,1H3,(H,28,33). The van der Waals surface area contributed by atoms with Gasteiger partial charge in [-0.15, -0.1) is 10.2 Å². The van der Waals surface area contributed by atoms with Crippen LogP contribution in [-0.2, 0) is 103 Å².